The lowest BCUT2D eigenvalue weighted by Gasteiger charge is -2.29. The summed E-state index contributed by atoms with van der Waals surface area (Å²) in [5, 5.41) is 0.670. The highest BCUT2D eigenvalue weighted by molar-refractivity contribution is 7.99. The maximum atomic E-state index is 12.3. The maximum absolute atomic E-state index is 12.3. The van der Waals surface area contributed by atoms with Crippen molar-refractivity contribution < 1.29 is 9.21 Å². The molecule has 1 fully saturated rings. The molecule has 1 saturated carbocycles. The number of hydrogen-bond acceptors (Lipinski definition) is 4. The van der Waals surface area contributed by atoms with Crippen LogP contribution in [0.3, 0.4) is 0 Å². The monoisotopic (exact) mass is 296 g/mol. The van der Waals surface area contributed by atoms with Crippen molar-refractivity contribution in [3.05, 3.63) is 24.2 Å². The van der Waals surface area contributed by atoms with Crippen molar-refractivity contribution in [1.82, 2.24) is 9.80 Å². The molecule has 1 amide bonds. The molecule has 2 rings (SSSR count). The number of rotatable bonds is 6. The molecule has 2 atom stereocenters. The summed E-state index contributed by atoms with van der Waals surface area (Å²) < 4.78 is 5.28. The number of thioether (sulfide) groups is 1. The summed E-state index contributed by atoms with van der Waals surface area (Å²) in [5.41, 5.74) is 0. The number of likely N-dealkylation sites (N-methyl/N-ethyl adjacent to an activating group) is 2. The zero-order valence-corrected chi connectivity index (χ0v) is 13.4. The molecular formula is C15H24N2O2S. The Labute approximate surface area is 125 Å². The van der Waals surface area contributed by atoms with Gasteiger partial charge in [0, 0.05) is 18.3 Å². The first-order chi connectivity index (χ1) is 9.61. The quantitative estimate of drug-likeness (QED) is 0.808. The van der Waals surface area contributed by atoms with Gasteiger partial charge in [-0.2, -0.15) is 11.8 Å². The van der Waals surface area contributed by atoms with Gasteiger partial charge in [-0.15, -0.1) is 0 Å². The number of hydrogen-bond donors (Lipinski definition) is 0. The second-order valence-electron chi connectivity index (χ2n) is 5.52. The molecule has 1 aromatic heterocycles. The Bertz CT molecular complexity index is 422. The molecule has 0 aliphatic heterocycles. The Balaban J connectivity index is 1.83. The van der Waals surface area contributed by atoms with Crippen molar-refractivity contribution in [2.75, 3.05) is 26.9 Å². The molecule has 5 heteroatoms. The average molecular weight is 296 g/mol. The largest absolute Gasteiger partial charge is 0.467 e. The number of amides is 1. The molecule has 1 aliphatic carbocycles. The first kappa shape index (κ1) is 15.4. The summed E-state index contributed by atoms with van der Waals surface area (Å²) in [6, 6.07) is 4.28. The first-order valence-corrected chi connectivity index (χ1v) is 8.40. The molecule has 0 aromatic carbocycles. The molecule has 0 spiro atoms. The topological polar surface area (TPSA) is 36.7 Å². The fraction of sp³-hybridized carbons (Fsp3) is 0.667. The van der Waals surface area contributed by atoms with Crippen LogP contribution in [0.4, 0.5) is 0 Å². The van der Waals surface area contributed by atoms with Crippen LogP contribution in [-0.2, 0) is 11.3 Å². The first-order valence-electron chi connectivity index (χ1n) is 7.11. The van der Waals surface area contributed by atoms with E-state index in [0.29, 0.717) is 24.4 Å². The molecule has 20 heavy (non-hydrogen) atoms. The standard InChI is InChI=1S/C15H24N2O2S/c1-16(13-7-4-8-14(13)20-3)11-15(18)17(2)10-12-6-5-9-19-12/h5-6,9,13-14H,4,7-8,10-11H2,1-3H3/t13-,14+/m1/s1. The van der Waals surface area contributed by atoms with Crippen LogP contribution in [0.1, 0.15) is 25.0 Å². The van der Waals surface area contributed by atoms with Gasteiger partial charge in [-0.05, 0) is 38.3 Å². The molecule has 0 saturated heterocycles. The summed E-state index contributed by atoms with van der Waals surface area (Å²) >= 11 is 1.93. The highest BCUT2D eigenvalue weighted by Crippen LogP contribution is 2.31. The van der Waals surface area contributed by atoms with Gasteiger partial charge < -0.3 is 9.32 Å². The number of carbonyl (C=O) groups excluding carboxylic acids is 1. The van der Waals surface area contributed by atoms with Gasteiger partial charge in [0.25, 0.3) is 0 Å². The van der Waals surface area contributed by atoms with Gasteiger partial charge >= 0.3 is 0 Å². The Hall–Kier alpha value is -0.940. The van der Waals surface area contributed by atoms with Crippen LogP contribution in [0, 0.1) is 0 Å². The smallest absolute Gasteiger partial charge is 0.236 e. The van der Waals surface area contributed by atoms with E-state index in [4.69, 9.17) is 4.42 Å². The van der Waals surface area contributed by atoms with E-state index in [0.717, 1.165) is 5.76 Å². The zero-order chi connectivity index (χ0) is 14.5. The Kier molecular flexibility index (Phi) is 5.54. The lowest BCUT2D eigenvalue weighted by Crippen LogP contribution is -2.43. The lowest BCUT2D eigenvalue weighted by atomic mass is 10.2. The normalized spacial score (nSPS) is 22.4. The second-order valence-corrected chi connectivity index (χ2v) is 6.59. The van der Waals surface area contributed by atoms with E-state index in [9.17, 15) is 4.79 Å². The maximum Gasteiger partial charge on any atom is 0.236 e. The fourth-order valence-electron chi connectivity index (χ4n) is 2.86. The van der Waals surface area contributed by atoms with Crippen LogP contribution in [0.2, 0.25) is 0 Å². The second kappa shape index (κ2) is 7.18. The number of carbonyl (C=O) groups is 1. The number of nitrogens with zero attached hydrogens (tertiary/aromatic N) is 2. The number of furan rings is 1. The van der Waals surface area contributed by atoms with Crippen molar-refractivity contribution in [1.29, 1.82) is 0 Å². The molecule has 0 unspecified atom stereocenters. The van der Waals surface area contributed by atoms with E-state index >= 15 is 0 Å². The Morgan fingerprint density at radius 2 is 2.25 bits per heavy atom. The highest BCUT2D eigenvalue weighted by atomic mass is 32.2. The molecule has 0 bridgehead atoms. The predicted molar refractivity (Wildman–Crippen MR) is 82.8 cm³/mol. The van der Waals surface area contributed by atoms with E-state index in [1.54, 1.807) is 11.2 Å². The van der Waals surface area contributed by atoms with E-state index in [1.165, 1.54) is 19.3 Å². The van der Waals surface area contributed by atoms with Crippen LogP contribution in [-0.4, -0.2) is 53.9 Å². The Morgan fingerprint density at radius 3 is 2.90 bits per heavy atom. The zero-order valence-electron chi connectivity index (χ0n) is 12.5. The van der Waals surface area contributed by atoms with Crippen LogP contribution >= 0.6 is 11.8 Å². The van der Waals surface area contributed by atoms with Gasteiger partial charge in [0.05, 0.1) is 19.4 Å². The highest BCUT2D eigenvalue weighted by Gasteiger charge is 2.30. The van der Waals surface area contributed by atoms with E-state index in [1.807, 2.05) is 30.9 Å². The third-order valence-electron chi connectivity index (χ3n) is 4.07. The van der Waals surface area contributed by atoms with Gasteiger partial charge in [-0.25, -0.2) is 0 Å². The predicted octanol–water partition coefficient (Wildman–Crippen LogP) is 2.45. The summed E-state index contributed by atoms with van der Waals surface area (Å²) in [6.45, 7) is 1.02. The SMILES string of the molecule is CS[C@H]1CCC[C@H]1N(C)CC(=O)N(C)Cc1ccco1. The van der Waals surface area contributed by atoms with Crippen molar-refractivity contribution in [3.8, 4) is 0 Å². The summed E-state index contributed by atoms with van der Waals surface area (Å²) in [7, 11) is 3.90. The van der Waals surface area contributed by atoms with Crippen molar-refractivity contribution in [2.45, 2.75) is 37.1 Å². The van der Waals surface area contributed by atoms with Gasteiger partial charge in [-0.1, -0.05) is 6.42 Å². The molecule has 1 aromatic rings. The Morgan fingerprint density at radius 1 is 1.45 bits per heavy atom. The minimum atomic E-state index is 0.149. The molecule has 4 nitrogen and oxygen atoms in total. The van der Waals surface area contributed by atoms with E-state index in [2.05, 4.69) is 18.2 Å². The fourth-order valence-corrected chi connectivity index (χ4v) is 3.92. The molecule has 1 heterocycles. The van der Waals surface area contributed by atoms with Gasteiger partial charge in [0.2, 0.25) is 5.91 Å². The third-order valence-corrected chi connectivity index (χ3v) is 5.23. The average Bonchev–Trinajstić information content (AvgIpc) is 3.08. The van der Waals surface area contributed by atoms with Crippen molar-refractivity contribution in [2.24, 2.45) is 0 Å². The van der Waals surface area contributed by atoms with Gasteiger partial charge in [0.1, 0.15) is 5.76 Å². The van der Waals surface area contributed by atoms with E-state index in [-0.39, 0.29) is 5.91 Å². The van der Waals surface area contributed by atoms with E-state index < -0.39 is 0 Å². The van der Waals surface area contributed by atoms with Crippen LogP contribution < -0.4 is 0 Å². The van der Waals surface area contributed by atoms with Crippen LogP contribution in [0.15, 0.2) is 22.8 Å². The molecule has 0 radical (unpaired) electrons. The van der Waals surface area contributed by atoms with Crippen molar-refractivity contribution in [3.63, 3.8) is 0 Å². The van der Waals surface area contributed by atoms with Gasteiger partial charge in [-0.3, -0.25) is 9.69 Å². The third kappa shape index (κ3) is 3.79. The van der Waals surface area contributed by atoms with Crippen molar-refractivity contribution >= 4 is 17.7 Å². The molecule has 0 N–H and O–H groups in total. The lowest BCUT2D eigenvalue weighted by molar-refractivity contribution is -0.132. The van der Waals surface area contributed by atoms with Gasteiger partial charge in [0.15, 0.2) is 0 Å². The molecular weight excluding hydrogens is 272 g/mol. The molecule has 1 aliphatic rings. The molecule has 112 valence electrons. The summed E-state index contributed by atoms with van der Waals surface area (Å²) in [4.78, 5) is 16.2. The minimum absolute atomic E-state index is 0.149. The summed E-state index contributed by atoms with van der Waals surface area (Å²) in [6.07, 6.45) is 7.56. The van der Waals surface area contributed by atoms with Crippen LogP contribution in [0.5, 0.6) is 0 Å². The minimum Gasteiger partial charge on any atom is -0.467 e. The summed E-state index contributed by atoms with van der Waals surface area (Å²) in [5.74, 6) is 0.974. The van der Waals surface area contributed by atoms with Crippen LogP contribution in [0.25, 0.3) is 0 Å².